The molecular formula is C16H23NO3. The first-order valence-corrected chi connectivity index (χ1v) is 7.27. The van der Waals surface area contributed by atoms with E-state index in [4.69, 9.17) is 9.47 Å². The predicted molar refractivity (Wildman–Crippen MR) is 77.9 cm³/mol. The molecule has 0 aliphatic carbocycles. The highest BCUT2D eigenvalue weighted by molar-refractivity contribution is 5.73. The van der Waals surface area contributed by atoms with E-state index in [0.717, 1.165) is 37.2 Å². The number of para-hydroxylation sites is 1. The van der Waals surface area contributed by atoms with Crippen molar-refractivity contribution in [3.05, 3.63) is 29.8 Å². The molecule has 0 atom stereocenters. The topological polar surface area (TPSA) is 38.8 Å². The van der Waals surface area contributed by atoms with Crippen LogP contribution in [-0.4, -0.2) is 43.7 Å². The van der Waals surface area contributed by atoms with Crippen molar-refractivity contribution >= 4 is 5.97 Å². The molecule has 0 N–H and O–H groups in total. The molecule has 1 heterocycles. The van der Waals surface area contributed by atoms with E-state index in [1.807, 2.05) is 31.2 Å². The summed E-state index contributed by atoms with van der Waals surface area (Å²) in [7, 11) is 2.13. The first-order valence-electron chi connectivity index (χ1n) is 7.27. The van der Waals surface area contributed by atoms with Crippen molar-refractivity contribution in [1.82, 2.24) is 4.90 Å². The van der Waals surface area contributed by atoms with Crippen LogP contribution in [0.5, 0.6) is 5.75 Å². The summed E-state index contributed by atoms with van der Waals surface area (Å²) in [6.45, 7) is 4.35. The molecule has 0 aromatic heterocycles. The summed E-state index contributed by atoms with van der Waals surface area (Å²) in [4.78, 5) is 13.9. The number of likely N-dealkylation sites (tertiary alicyclic amines) is 1. The van der Waals surface area contributed by atoms with Gasteiger partial charge >= 0.3 is 5.97 Å². The fourth-order valence-corrected chi connectivity index (χ4v) is 2.41. The van der Waals surface area contributed by atoms with E-state index in [1.165, 1.54) is 0 Å². The molecule has 4 nitrogen and oxygen atoms in total. The third-order valence-corrected chi connectivity index (χ3v) is 3.57. The minimum absolute atomic E-state index is 0.202. The van der Waals surface area contributed by atoms with Crippen molar-refractivity contribution in [2.45, 2.75) is 32.3 Å². The standard InChI is InChI=1S/C16H23NO3/c1-3-19-16(18)12-13-6-4-5-7-15(13)20-14-8-10-17(2)11-9-14/h4-7,14H,3,8-12H2,1-2H3. The number of hydrogen-bond donors (Lipinski definition) is 0. The second kappa shape index (κ2) is 7.29. The summed E-state index contributed by atoms with van der Waals surface area (Å²) in [6.07, 6.45) is 2.58. The minimum atomic E-state index is -0.202. The quantitative estimate of drug-likeness (QED) is 0.774. The Morgan fingerprint density at radius 1 is 1.30 bits per heavy atom. The van der Waals surface area contributed by atoms with Crippen LogP contribution >= 0.6 is 0 Å². The summed E-state index contributed by atoms with van der Waals surface area (Å²) in [6, 6.07) is 7.74. The van der Waals surface area contributed by atoms with E-state index in [1.54, 1.807) is 0 Å². The maximum atomic E-state index is 11.6. The lowest BCUT2D eigenvalue weighted by Crippen LogP contribution is -2.35. The summed E-state index contributed by atoms with van der Waals surface area (Å²) in [5.41, 5.74) is 0.907. The van der Waals surface area contributed by atoms with Gasteiger partial charge in [0.1, 0.15) is 11.9 Å². The number of esters is 1. The Morgan fingerprint density at radius 3 is 2.70 bits per heavy atom. The van der Waals surface area contributed by atoms with Crippen molar-refractivity contribution in [2.24, 2.45) is 0 Å². The van der Waals surface area contributed by atoms with Gasteiger partial charge in [0.2, 0.25) is 0 Å². The van der Waals surface area contributed by atoms with Gasteiger partial charge in [-0.05, 0) is 32.9 Å². The minimum Gasteiger partial charge on any atom is -0.490 e. The first kappa shape index (κ1) is 14.9. The van der Waals surface area contributed by atoms with Gasteiger partial charge in [0.05, 0.1) is 13.0 Å². The second-order valence-corrected chi connectivity index (χ2v) is 5.21. The average molecular weight is 277 g/mol. The predicted octanol–water partition coefficient (Wildman–Crippen LogP) is 2.27. The molecule has 1 aliphatic heterocycles. The molecule has 0 saturated carbocycles. The highest BCUT2D eigenvalue weighted by Crippen LogP contribution is 2.23. The van der Waals surface area contributed by atoms with Gasteiger partial charge < -0.3 is 14.4 Å². The van der Waals surface area contributed by atoms with E-state index in [2.05, 4.69) is 11.9 Å². The average Bonchev–Trinajstić information content (AvgIpc) is 2.44. The fourth-order valence-electron chi connectivity index (χ4n) is 2.41. The van der Waals surface area contributed by atoms with Gasteiger partial charge in [-0.1, -0.05) is 18.2 Å². The van der Waals surface area contributed by atoms with Crippen molar-refractivity contribution < 1.29 is 14.3 Å². The van der Waals surface area contributed by atoms with Gasteiger partial charge in [-0.3, -0.25) is 4.79 Å². The summed E-state index contributed by atoms with van der Waals surface area (Å²) < 4.78 is 11.1. The Labute approximate surface area is 120 Å². The van der Waals surface area contributed by atoms with Gasteiger partial charge in [0.25, 0.3) is 0 Å². The smallest absolute Gasteiger partial charge is 0.310 e. The number of carbonyl (C=O) groups is 1. The third kappa shape index (κ3) is 4.23. The van der Waals surface area contributed by atoms with Gasteiger partial charge in [-0.25, -0.2) is 0 Å². The number of carbonyl (C=O) groups excluding carboxylic acids is 1. The van der Waals surface area contributed by atoms with Crippen LogP contribution in [0.25, 0.3) is 0 Å². The maximum absolute atomic E-state index is 11.6. The Morgan fingerprint density at radius 2 is 2.00 bits per heavy atom. The molecule has 0 spiro atoms. The SMILES string of the molecule is CCOC(=O)Cc1ccccc1OC1CCN(C)CC1. The molecule has 4 heteroatoms. The lowest BCUT2D eigenvalue weighted by atomic mass is 10.1. The molecule has 20 heavy (non-hydrogen) atoms. The zero-order valence-corrected chi connectivity index (χ0v) is 12.3. The summed E-state index contributed by atoms with van der Waals surface area (Å²) >= 11 is 0. The van der Waals surface area contributed by atoms with E-state index in [-0.39, 0.29) is 18.5 Å². The molecule has 110 valence electrons. The molecule has 1 saturated heterocycles. The van der Waals surface area contributed by atoms with Gasteiger partial charge in [-0.2, -0.15) is 0 Å². The van der Waals surface area contributed by atoms with E-state index >= 15 is 0 Å². The monoisotopic (exact) mass is 277 g/mol. The highest BCUT2D eigenvalue weighted by Gasteiger charge is 2.19. The van der Waals surface area contributed by atoms with Crippen LogP contribution in [-0.2, 0) is 16.0 Å². The molecule has 0 bridgehead atoms. The molecule has 1 fully saturated rings. The molecule has 0 unspecified atom stereocenters. The van der Waals surface area contributed by atoms with Crippen LogP contribution in [0, 0.1) is 0 Å². The van der Waals surface area contributed by atoms with Crippen LogP contribution < -0.4 is 4.74 Å². The summed E-state index contributed by atoms with van der Waals surface area (Å²) in [5, 5.41) is 0. The van der Waals surface area contributed by atoms with Gasteiger partial charge in [0.15, 0.2) is 0 Å². The van der Waals surface area contributed by atoms with E-state index < -0.39 is 0 Å². The van der Waals surface area contributed by atoms with E-state index in [9.17, 15) is 4.79 Å². The maximum Gasteiger partial charge on any atom is 0.310 e. The first-order chi connectivity index (χ1) is 9.69. The molecule has 0 amide bonds. The number of rotatable bonds is 5. The Bertz CT molecular complexity index is 439. The Balaban J connectivity index is 1.98. The normalized spacial score (nSPS) is 16.9. The molecule has 1 aliphatic rings. The zero-order chi connectivity index (χ0) is 14.4. The van der Waals surface area contributed by atoms with E-state index in [0.29, 0.717) is 6.61 Å². The molecule has 2 rings (SSSR count). The van der Waals surface area contributed by atoms with Crippen LogP contribution in [0.1, 0.15) is 25.3 Å². The number of benzene rings is 1. The lowest BCUT2D eigenvalue weighted by molar-refractivity contribution is -0.142. The Hall–Kier alpha value is -1.55. The number of nitrogens with zero attached hydrogens (tertiary/aromatic N) is 1. The van der Waals surface area contributed by atoms with Crippen molar-refractivity contribution in [3.8, 4) is 5.75 Å². The molecule has 1 aromatic rings. The lowest BCUT2D eigenvalue weighted by Gasteiger charge is -2.29. The second-order valence-electron chi connectivity index (χ2n) is 5.21. The van der Waals surface area contributed by atoms with Gasteiger partial charge in [0, 0.05) is 18.7 Å². The number of hydrogen-bond acceptors (Lipinski definition) is 4. The van der Waals surface area contributed by atoms with Gasteiger partial charge in [-0.15, -0.1) is 0 Å². The third-order valence-electron chi connectivity index (χ3n) is 3.57. The number of piperidine rings is 1. The summed E-state index contributed by atoms with van der Waals surface area (Å²) in [5.74, 6) is 0.613. The van der Waals surface area contributed by atoms with Crippen molar-refractivity contribution in [1.29, 1.82) is 0 Å². The fraction of sp³-hybridized carbons (Fsp3) is 0.562. The van der Waals surface area contributed by atoms with Crippen LogP contribution in [0.2, 0.25) is 0 Å². The van der Waals surface area contributed by atoms with Crippen LogP contribution in [0.4, 0.5) is 0 Å². The molecule has 0 radical (unpaired) electrons. The number of ether oxygens (including phenoxy) is 2. The highest BCUT2D eigenvalue weighted by atomic mass is 16.5. The molecular weight excluding hydrogens is 254 g/mol. The zero-order valence-electron chi connectivity index (χ0n) is 12.3. The van der Waals surface area contributed by atoms with Crippen molar-refractivity contribution in [3.63, 3.8) is 0 Å². The van der Waals surface area contributed by atoms with Crippen LogP contribution in [0.15, 0.2) is 24.3 Å². The Kier molecular flexibility index (Phi) is 5.41. The van der Waals surface area contributed by atoms with Crippen LogP contribution in [0.3, 0.4) is 0 Å². The van der Waals surface area contributed by atoms with Crippen molar-refractivity contribution in [2.75, 3.05) is 26.7 Å². The largest absolute Gasteiger partial charge is 0.490 e. The molecule has 1 aromatic carbocycles.